The zero-order chi connectivity index (χ0) is 20.8. The van der Waals surface area contributed by atoms with E-state index >= 15 is 0 Å². The number of thiazole rings is 1. The first-order valence-electron chi connectivity index (χ1n) is 8.74. The number of rotatable bonds is 7. The van der Waals surface area contributed by atoms with E-state index in [1.54, 1.807) is 20.1 Å². The van der Waals surface area contributed by atoms with Crippen LogP contribution in [0, 0.1) is 0 Å². The van der Waals surface area contributed by atoms with Gasteiger partial charge in [-0.05, 0) is 42.8 Å². The molecule has 2 heterocycles. The van der Waals surface area contributed by atoms with E-state index in [2.05, 4.69) is 15.3 Å². The zero-order valence-electron chi connectivity index (χ0n) is 15.7. The van der Waals surface area contributed by atoms with Crippen molar-refractivity contribution in [3.63, 3.8) is 0 Å². The van der Waals surface area contributed by atoms with Gasteiger partial charge in [0, 0.05) is 17.1 Å². The summed E-state index contributed by atoms with van der Waals surface area (Å²) in [5.74, 6) is -0.418. The molecule has 7 nitrogen and oxygen atoms in total. The Kier molecular flexibility index (Phi) is 6.79. The number of nitrogens with zero attached hydrogens (tertiary/aromatic N) is 2. The molecule has 150 valence electrons. The van der Waals surface area contributed by atoms with Crippen LogP contribution in [0.5, 0.6) is 5.75 Å². The smallest absolute Gasteiger partial charge is 0.342 e. The summed E-state index contributed by atoms with van der Waals surface area (Å²) >= 11 is 7.19. The molecule has 3 aromatic rings. The normalized spacial score (nSPS) is 11.6. The third-order valence-corrected chi connectivity index (χ3v) is 5.07. The van der Waals surface area contributed by atoms with Gasteiger partial charge in [-0.3, -0.25) is 10.1 Å². The molecule has 0 bridgehead atoms. The lowest BCUT2D eigenvalue weighted by Gasteiger charge is -2.15. The van der Waals surface area contributed by atoms with E-state index in [1.165, 1.54) is 23.6 Å². The van der Waals surface area contributed by atoms with E-state index in [0.717, 1.165) is 17.0 Å². The summed E-state index contributed by atoms with van der Waals surface area (Å²) in [6.07, 6.45) is 0.783. The monoisotopic (exact) mass is 431 g/mol. The van der Waals surface area contributed by atoms with Crippen molar-refractivity contribution in [2.45, 2.75) is 19.4 Å². The molecule has 0 saturated carbocycles. The minimum Gasteiger partial charge on any atom is -0.497 e. The van der Waals surface area contributed by atoms with Crippen LogP contribution in [0.15, 0.2) is 48.0 Å². The average Bonchev–Trinajstić information content (AvgIpc) is 3.20. The minimum atomic E-state index is -0.980. The number of hydrogen-bond donors (Lipinski definition) is 1. The van der Waals surface area contributed by atoms with Crippen molar-refractivity contribution in [1.82, 2.24) is 9.97 Å². The topological polar surface area (TPSA) is 90.4 Å². The van der Waals surface area contributed by atoms with Crippen molar-refractivity contribution in [2.75, 3.05) is 12.4 Å². The summed E-state index contributed by atoms with van der Waals surface area (Å²) in [6.45, 7) is 1.74. The number of esters is 1. The average molecular weight is 432 g/mol. The Morgan fingerprint density at radius 1 is 1.24 bits per heavy atom. The standard InChI is InChI=1S/C20H18ClN3O4S/c1-3-16(28-19(26)14-5-4-10-22-17(14)21)18(25)24-20-23-15(11-29-20)12-6-8-13(27-2)9-7-12/h4-11,16H,3H2,1-2H3,(H,23,24,25). The Hall–Kier alpha value is -2.97. The minimum absolute atomic E-state index is 0.0248. The predicted molar refractivity (Wildman–Crippen MR) is 111 cm³/mol. The predicted octanol–water partition coefficient (Wildman–Crippen LogP) is 4.44. The highest BCUT2D eigenvalue weighted by atomic mass is 35.5. The number of nitrogens with one attached hydrogen (secondary N) is 1. The summed E-state index contributed by atoms with van der Waals surface area (Å²) < 4.78 is 10.4. The van der Waals surface area contributed by atoms with Crippen molar-refractivity contribution in [2.24, 2.45) is 0 Å². The number of ether oxygens (including phenoxy) is 2. The van der Waals surface area contributed by atoms with Crippen LogP contribution >= 0.6 is 22.9 Å². The van der Waals surface area contributed by atoms with Gasteiger partial charge in [0.2, 0.25) is 0 Å². The summed E-state index contributed by atoms with van der Waals surface area (Å²) in [7, 11) is 1.60. The van der Waals surface area contributed by atoms with Gasteiger partial charge in [-0.1, -0.05) is 18.5 Å². The summed E-state index contributed by atoms with van der Waals surface area (Å²) in [5, 5.41) is 4.96. The van der Waals surface area contributed by atoms with Gasteiger partial charge in [0.1, 0.15) is 10.9 Å². The maximum atomic E-state index is 12.5. The van der Waals surface area contributed by atoms with Crippen LogP contribution in [0.25, 0.3) is 11.3 Å². The Morgan fingerprint density at radius 3 is 2.66 bits per heavy atom. The van der Waals surface area contributed by atoms with E-state index in [1.807, 2.05) is 29.6 Å². The largest absolute Gasteiger partial charge is 0.497 e. The van der Waals surface area contributed by atoms with Gasteiger partial charge in [-0.2, -0.15) is 0 Å². The number of carbonyl (C=O) groups excluding carboxylic acids is 2. The fraction of sp³-hybridized carbons (Fsp3) is 0.200. The fourth-order valence-corrected chi connectivity index (χ4v) is 3.38. The molecule has 29 heavy (non-hydrogen) atoms. The lowest BCUT2D eigenvalue weighted by Crippen LogP contribution is -2.32. The van der Waals surface area contributed by atoms with Crippen LogP contribution in [0.2, 0.25) is 5.15 Å². The highest BCUT2D eigenvalue weighted by Crippen LogP contribution is 2.26. The summed E-state index contributed by atoms with van der Waals surface area (Å²) in [5.41, 5.74) is 1.73. The van der Waals surface area contributed by atoms with Gasteiger partial charge in [0.15, 0.2) is 11.2 Å². The number of hydrogen-bond acceptors (Lipinski definition) is 7. The molecular weight excluding hydrogens is 414 g/mol. The number of anilines is 1. The molecule has 1 aromatic carbocycles. The van der Waals surface area contributed by atoms with Crippen molar-refractivity contribution >= 4 is 39.9 Å². The molecule has 0 saturated heterocycles. The molecule has 0 aliphatic carbocycles. The number of amides is 1. The molecule has 0 fully saturated rings. The van der Waals surface area contributed by atoms with Crippen LogP contribution in [-0.2, 0) is 9.53 Å². The molecule has 1 unspecified atom stereocenters. The zero-order valence-corrected chi connectivity index (χ0v) is 17.3. The van der Waals surface area contributed by atoms with E-state index in [0.29, 0.717) is 11.6 Å². The first kappa shape index (κ1) is 20.8. The molecule has 9 heteroatoms. The van der Waals surface area contributed by atoms with E-state index < -0.39 is 18.0 Å². The number of aromatic nitrogens is 2. The first-order chi connectivity index (χ1) is 14.0. The maximum absolute atomic E-state index is 12.5. The number of halogens is 1. The molecule has 2 aromatic heterocycles. The second kappa shape index (κ2) is 9.49. The van der Waals surface area contributed by atoms with Crippen LogP contribution < -0.4 is 10.1 Å². The molecule has 0 spiro atoms. The molecule has 0 aliphatic heterocycles. The molecule has 0 radical (unpaired) electrons. The molecule has 0 aliphatic rings. The van der Waals surface area contributed by atoms with Gasteiger partial charge < -0.3 is 9.47 Å². The molecular formula is C20H18ClN3O4S. The van der Waals surface area contributed by atoms with E-state index in [9.17, 15) is 9.59 Å². The van der Waals surface area contributed by atoms with Crippen molar-refractivity contribution in [3.05, 3.63) is 58.7 Å². The second-order valence-corrected chi connectivity index (χ2v) is 7.12. The molecule has 1 atom stereocenters. The number of methoxy groups -OCH3 is 1. The third kappa shape index (κ3) is 5.10. The van der Waals surface area contributed by atoms with E-state index in [4.69, 9.17) is 21.1 Å². The van der Waals surface area contributed by atoms with Crippen LogP contribution in [0.4, 0.5) is 5.13 Å². The van der Waals surface area contributed by atoms with Crippen molar-refractivity contribution in [1.29, 1.82) is 0 Å². The Morgan fingerprint density at radius 2 is 2.00 bits per heavy atom. The Bertz CT molecular complexity index is 1010. The Balaban J connectivity index is 1.66. The molecule has 3 rings (SSSR count). The first-order valence-corrected chi connectivity index (χ1v) is 10.00. The van der Waals surface area contributed by atoms with Crippen LogP contribution in [-0.4, -0.2) is 35.1 Å². The molecule has 1 N–H and O–H groups in total. The SMILES string of the molecule is CCC(OC(=O)c1cccnc1Cl)C(=O)Nc1nc(-c2ccc(OC)cc2)cs1. The van der Waals surface area contributed by atoms with Crippen molar-refractivity contribution in [3.8, 4) is 17.0 Å². The quantitative estimate of drug-likeness (QED) is 0.439. The van der Waals surface area contributed by atoms with Gasteiger partial charge in [-0.25, -0.2) is 14.8 Å². The van der Waals surface area contributed by atoms with Gasteiger partial charge in [0.05, 0.1) is 18.4 Å². The van der Waals surface area contributed by atoms with Gasteiger partial charge >= 0.3 is 5.97 Å². The number of pyridine rings is 1. The number of benzene rings is 1. The fourth-order valence-electron chi connectivity index (χ4n) is 2.46. The van der Waals surface area contributed by atoms with Crippen molar-refractivity contribution < 1.29 is 19.1 Å². The lowest BCUT2D eigenvalue weighted by atomic mass is 10.2. The summed E-state index contributed by atoms with van der Waals surface area (Å²) in [4.78, 5) is 33.1. The second-order valence-electron chi connectivity index (χ2n) is 5.90. The highest BCUT2D eigenvalue weighted by Gasteiger charge is 2.24. The number of carbonyl (C=O) groups is 2. The van der Waals surface area contributed by atoms with Crippen LogP contribution in [0.3, 0.4) is 0 Å². The maximum Gasteiger partial charge on any atom is 0.342 e. The lowest BCUT2D eigenvalue weighted by molar-refractivity contribution is -0.124. The van der Waals surface area contributed by atoms with Crippen LogP contribution in [0.1, 0.15) is 23.7 Å². The third-order valence-electron chi connectivity index (χ3n) is 4.01. The highest BCUT2D eigenvalue weighted by molar-refractivity contribution is 7.14. The van der Waals surface area contributed by atoms with Gasteiger partial charge in [-0.15, -0.1) is 11.3 Å². The van der Waals surface area contributed by atoms with Gasteiger partial charge in [0.25, 0.3) is 5.91 Å². The molecule has 1 amide bonds. The summed E-state index contributed by atoms with van der Waals surface area (Å²) in [6, 6.07) is 10.5. The Labute approximate surface area is 176 Å². The van der Waals surface area contributed by atoms with E-state index in [-0.39, 0.29) is 10.7 Å².